The zero-order valence-corrected chi connectivity index (χ0v) is 12.2. The molecule has 0 saturated heterocycles. The second kappa shape index (κ2) is 5.32. The number of benzene rings is 2. The van der Waals surface area contributed by atoms with Crippen molar-refractivity contribution in [1.29, 1.82) is 0 Å². The van der Waals surface area contributed by atoms with Crippen LogP contribution in [0.15, 0.2) is 54.7 Å². The molecule has 21 heavy (non-hydrogen) atoms. The molecular formula is C17H18N4. The Morgan fingerprint density at radius 1 is 0.952 bits per heavy atom. The van der Waals surface area contributed by atoms with Crippen molar-refractivity contribution in [2.75, 3.05) is 30.0 Å². The molecule has 0 aliphatic heterocycles. The first-order valence-electron chi connectivity index (χ1n) is 6.83. The summed E-state index contributed by atoms with van der Waals surface area (Å²) in [6.07, 6.45) is 1.78. The van der Waals surface area contributed by atoms with Crippen molar-refractivity contribution in [3.8, 4) is 0 Å². The van der Waals surface area contributed by atoms with Crippen molar-refractivity contribution in [2.24, 2.45) is 0 Å². The monoisotopic (exact) mass is 278 g/mol. The van der Waals surface area contributed by atoms with Gasteiger partial charge >= 0.3 is 0 Å². The molecule has 0 radical (unpaired) electrons. The quantitative estimate of drug-likeness (QED) is 0.718. The maximum Gasteiger partial charge on any atom is 0.0957 e. The number of anilines is 4. The number of aromatic nitrogens is 1. The molecule has 0 saturated carbocycles. The zero-order chi connectivity index (χ0) is 14.8. The van der Waals surface area contributed by atoms with E-state index in [2.05, 4.69) is 27.3 Å². The Labute approximate surface area is 124 Å². The van der Waals surface area contributed by atoms with Crippen LogP contribution in [0.4, 0.5) is 22.7 Å². The fraction of sp³-hybridized carbons (Fsp3) is 0.118. The Morgan fingerprint density at radius 2 is 1.76 bits per heavy atom. The van der Waals surface area contributed by atoms with Crippen LogP contribution in [-0.2, 0) is 0 Å². The minimum absolute atomic E-state index is 0.740. The van der Waals surface area contributed by atoms with Gasteiger partial charge in [0.1, 0.15) is 0 Å². The predicted octanol–water partition coefficient (Wildman–Crippen LogP) is 3.63. The predicted molar refractivity (Wildman–Crippen MR) is 90.2 cm³/mol. The summed E-state index contributed by atoms with van der Waals surface area (Å²) in [7, 11) is 4.06. The van der Waals surface area contributed by atoms with Crippen LogP contribution in [0.25, 0.3) is 10.9 Å². The Bertz CT molecular complexity index is 781. The van der Waals surface area contributed by atoms with Gasteiger partial charge in [-0.1, -0.05) is 12.1 Å². The SMILES string of the molecule is CN(C)c1ccccc1Nc1ccc(N)c2cccnc12. The molecule has 3 rings (SSSR count). The minimum atomic E-state index is 0.740. The average Bonchev–Trinajstić information content (AvgIpc) is 2.51. The molecule has 0 aliphatic rings. The van der Waals surface area contributed by atoms with Crippen LogP contribution >= 0.6 is 0 Å². The number of nitrogens with two attached hydrogens (primary N) is 1. The van der Waals surface area contributed by atoms with E-state index < -0.39 is 0 Å². The molecule has 0 spiro atoms. The number of hydrogen-bond acceptors (Lipinski definition) is 4. The van der Waals surface area contributed by atoms with E-state index in [1.165, 1.54) is 0 Å². The number of para-hydroxylation sites is 2. The topological polar surface area (TPSA) is 54.2 Å². The van der Waals surface area contributed by atoms with Crippen LogP contribution in [-0.4, -0.2) is 19.1 Å². The van der Waals surface area contributed by atoms with Gasteiger partial charge in [-0.15, -0.1) is 0 Å². The largest absolute Gasteiger partial charge is 0.398 e. The highest BCUT2D eigenvalue weighted by molar-refractivity contribution is 5.99. The van der Waals surface area contributed by atoms with Gasteiger partial charge in [0, 0.05) is 31.4 Å². The molecule has 3 N–H and O–H groups in total. The van der Waals surface area contributed by atoms with Crippen LogP contribution in [0.1, 0.15) is 0 Å². The lowest BCUT2D eigenvalue weighted by Crippen LogP contribution is -2.10. The standard InChI is InChI=1S/C17H18N4/c1-21(2)16-8-4-3-7-14(16)20-15-10-9-13(18)12-6-5-11-19-17(12)15/h3-11,20H,18H2,1-2H3. The van der Waals surface area contributed by atoms with E-state index in [-0.39, 0.29) is 0 Å². The molecule has 0 unspecified atom stereocenters. The molecule has 1 heterocycles. The molecule has 0 fully saturated rings. The molecule has 2 aromatic carbocycles. The third kappa shape index (κ3) is 2.48. The highest BCUT2D eigenvalue weighted by Crippen LogP contribution is 2.32. The third-order valence-electron chi connectivity index (χ3n) is 3.46. The Morgan fingerprint density at radius 3 is 2.57 bits per heavy atom. The summed E-state index contributed by atoms with van der Waals surface area (Å²) in [5.74, 6) is 0. The molecule has 0 aliphatic carbocycles. The van der Waals surface area contributed by atoms with E-state index in [1.54, 1.807) is 6.20 Å². The third-order valence-corrected chi connectivity index (χ3v) is 3.46. The maximum atomic E-state index is 6.02. The smallest absolute Gasteiger partial charge is 0.0957 e. The number of nitrogens with one attached hydrogen (secondary N) is 1. The summed E-state index contributed by atoms with van der Waals surface area (Å²) >= 11 is 0. The Kier molecular flexibility index (Phi) is 3.36. The summed E-state index contributed by atoms with van der Waals surface area (Å²) < 4.78 is 0. The van der Waals surface area contributed by atoms with Gasteiger partial charge in [0.15, 0.2) is 0 Å². The van der Waals surface area contributed by atoms with Gasteiger partial charge < -0.3 is 16.0 Å². The van der Waals surface area contributed by atoms with Crippen molar-refractivity contribution in [3.63, 3.8) is 0 Å². The number of hydrogen-bond donors (Lipinski definition) is 2. The lowest BCUT2D eigenvalue weighted by molar-refractivity contribution is 1.13. The number of nitrogen functional groups attached to an aromatic ring is 1. The molecule has 0 atom stereocenters. The highest BCUT2D eigenvalue weighted by atomic mass is 15.1. The normalized spacial score (nSPS) is 10.6. The van der Waals surface area contributed by atoms with Crippen LogP contribution in [0.5, 0.6) is 0 Å². The number of nitrogens with zero attached hydrogens (tertiary/aromatic N) is 2. The number of rotatable bonds is 3. The Hall–Kier alpha value is -2.75. The van der Waals surface area contributed by atoms with Crippen LogP contribution in [0, 0.1) is 0 Å². The van der Waals surface area contributed by atoms with Gasteiger partial charge in [-0.3, -0.25) is 4.98 Å². The number of pyridine rings is 1. The summed E-state index contributed by atoms with van der Waals surface area (Å²) in [6.45, 7) is 0. The van der Waals surface area contributed by atoms with Crippen molar-refractivity contribution < 1.29 is 0 Å². The van der Waals surface area contributed by atoms with E-state index in [9.17, 15) is 0 Å². The number of fused-ring (bicyclic) bond motifs is 1. The fourth-order valence-corrected chi connectivity index (χ4v) is 2.41. The first kappa shape index (κ1) is 13.2. The van der Waals surface area contributed by atoms with Gasteiger partial charge in [-0.25, -0.2) is 0 Å². The molecule has 106 valence electrons. The van der Waals surface area contributed by atoms with E-state index in [0.29, 0.717) is 0 Å². The molecule has 0 bridgehead atoms. The first-order chi connectivity index (χ1) is 10.2. The van der Waals surface area contributed by atoms with Crippen LogP contribution in [0.3, 0.4) is 0 Å². The zero-order valence-electron chi connectivity index (χ0n) is 12.2. The average molecular weight is 278 g/mol. The van der Waals surface area contributed by atoms with E-state index in [1.807, 2.05) is 50.5 Å². The maximum absolute atomic E-state index is 6.02. The second-order valence-electron chi connectivity index (χ2n) is 5.14. The summed E-state index contributed by atoms with van der Waals surface area (Å²) in [5.41, 5.74) is 10.8. The van der Waals surface area contributed by atoms with Gasteiger partial charge in [0.05, 0.1) is 22.6 Å². The van der Waals surface area contributed by atoms with Gasteiger partial charge in [0.2, 0.25) is 0 Å². The summed E-state index contributed by atoms with van der Waals surface area (Å²) in [5, 5.41) is 4.43. The highest BCUT2D eigenvalue weighted by Gasteiger charge is 2.08. The van der Waals surface area contributed by atoms with Gasteiger partial charge in [-0.05, 0) is 36.4 Å². The van der Waals surface area contributed by atoms with Crippen molar-refractivity contribution >= 4 is 33.7 Å². The van der Waals surface area contributed by atoms with Gasteiger partial charge in [0.25, 0.3) is 0 Å². The first-order valence-corrected chi connectivity index (χ1v) is 6.83. The van der Waals surface area contributed by atoms with Crippen molar-refractivity contribution in [1.82, 2.24) is 4.98 Å². The van der Waals surface area contributed by atoms with E-state index in [4.69, 9.17) is 5.73 Å². The Balaban J connectivity index is 2.09. The van der Waals surface area contributed by atoms with Crippen LogP contribution < -0.4 is 16.0 Å². The van der Waals surface area contributed by atoms with Crippen molar-refractivity contribution in [3.05, 3.63) is 54.7 Å². The molecular weight excluding hydrogens is 260 g/mol. The lowest BCUT2D eigenvalue weighted by atomic mass is 10.1. The molecule has 4 heteroatoms. The van der Waals surface area contributed by atoms with Gasteiger partial charge in [-0.2, -0.15) is 0 Å². The molecule has 1 aromatic heterocycles. The molecule has 0 amide bonds. The van der Waals surface area contributed by atoms with Crippen molar-refractivity contribution in [2.45, 2.75) is 0 Å². The summed E-state index contributed by atoms with van der Waals surface area (Å²) in [6, 6.07) is 15.9. The van der Waals surface area contributed by atoms with Crippen LogP contribution in [0.2, 0.25) is 0 Å². The lowest BCUT2D eigenvalue weighted by Gasteiger charge is -2.19. The summed E-state index contributed by atoms with van der Waals surface area (Å²) in [4.78, 5) is 6.54. The van der Waals surface area contributed by atoms with E-state index in [0.717, 1.165) is 33.7 Å². The molecule has 3 aromatic rings. The fourth-order valence-electron chi connectivity index (χ4n) is 2.41. The molecule has 4 nitrogen and oxygen atoms in total. The van der Waals surface area contributed by atoms with E-state index >= 15 is 0 Å². The second-order valence-corrected chi connectivity index (χ2v) is 5.14. The minimum Gasteiger partial charge on any atom is -0.398 e.